The predicted molar refractivity (Wildman–Crippen MR) is 163 cm³/mol. The minimum Gasteiger partial charge on any atom is -0.464 e. The quantitative estimate of drug-likeness (QED) is 0.0400. The maximum absolute atomic E-state index is 14.0. The number of nitrogens with zero attached hydrogens (tertiary/aromatic N) is 5. The van der Waals surface area contributed by atoms with Crippen LogP contribution in [0.3, 0.4) is 0 Å². The number of rotatable bonds is 19. The first-order chi connectivity index (χ1) is 19.5. The summed E-state index contributed by atoms with van der Waals surface area (Å²) in [5, 5.41) is 6.14. The van der Waals surface area contributed by atoms with Gasteiger partial charge in [0.2, 0.25) is 5.91 Å². The Labute approximate surface area is 250 Å². The van der Waals surface area contributed by atoms with E-state index in [1.807, 2.05) is 34.6 Å². The number of hydrogen-bond donors (Lipinski definition) is 0. The van der Waals surface area contributed by atoms with Crippen LogP contribution in [0.2, 0.25) is 18.1 Å². The van der Waals surface area contributed by atoms with Gasteiger partial charge in [0.1, 0.15) is 11.0 Å². The number of azide groups is 1. The summed E-state index contributed by atoms with van der Waals surface area (Å²) < 4.78 is 17.4. The normalized spacial score (nSPS) is 14.5. The van der Waals surface area contributed by atoms with Gasteiger partial charge in [0.25, 0.3) is 0 Å². The monoisotopic (exact) mass is 611 g/mol. The van der Waals surface area contributed by atoms with Crippen LogP contribution in [0.15, 0.2) is 10.5 Å². The molecule has 0 unspecified atom stereocenters. The molecule has 4 atom stereocenters. The molecule has 1 aromatic heterocycles. The first-order valence-corrected chi connectivity index (χ1v) is 18.1. The summed E-state index contributed by atoms with van der Waals surface area (Å²) in [6.45, 7) is 15.8. The lowest BCUT2D eigenvalue weighted by molar-refractivity contribution is -0.158. The van der Waals surface area contributed by atoms with Gasteiger partial charge in [0.05, 0.1) is 13.2 Å². The number of ether oxygens (including phenoxy) is 2. The molecule has 0 saturated carbocycles. The fraction of sp³-hybridized carbons (Fsp3) is 0.786. The summed E-state index contributed by atoms with van der Waals surface area (Å²) in [6.07, 6.45) is 1.35. The van der Waals surface area contributed by atoms with Gasteiger partial charge in [-0.05, 0) is 48.3 Å². The van der Waals surface area contributed by atoms with Crippen LogP contribution in [0.25, 0.3) is 10.4 Å². The summed E-state index contributed by atoms with van der Waals surface area (Å²) in [5.74, 6) is -1.60. The van der Waals surface area contributed by atoms with Crippen LogP contribution in [-0.4, -0.2) is 62.0 Å². The second kappa shape index (κ2) is 18.1. The average Bonchev–Trinajstić information content (AvgIpc) is 3.46. The number of carbonyl (C=O) groups excluding carboxylic acids is 3. The minimum atomic E-state index is -2.16. The molecule has 0 N–H and O–H groups in total. The van der Waals surface area contributed by atoms with Crippen molar-refractivity contribution in [3.63, 3.8) is 0 Å². The Balaban J connectivity index is 3.65. The molecule has 0 spiro atoms. The van der Waals surface area contributed by atoms with Crippen molar-refractivity contribution < 1.29 is 28.3 Å². The molecule has 1 rings (SSSR count). The van der Waals surface area contributed by atoms with Gasteiger partial charge >= 0.3 is 11.9 Å². The average molecular weight is 612 g/mol. The topological polar surface area (TPSA) is 144 Å². The standard InChI is InChI=1S/C28H49N5O6SSi/c1-10-15-24(34)38-18-33(27(35)25(31-32-29)20(8)11-2)22(19(6)7)16-23(39-41(12-3,13-4)14-5)26-30-21(17-40-26)28(36)37-9/h17,19-20,22-23,25H,10-16,18H2,1-9H3/t20-,22+,23+,25-/m0/s1. The van der Waals surface area contributed by atoms with Gasteiger partial charge in [-0.1, -0.05) is 66.9 Å². The van der Waals surface area contributed by atoms with Gasteiger partial charge in [0.15, 0.2) is 20.7 Å². The SMILES string of the molecule is CCCC(=O)OCN(C(=O)[C@@H](N=[N+]=[N-])[C@@H](C)CC)[C@H](C[C@@H](O[Si](CC)(CC)CC)c1nc(C(=O)OC)cs1)C(C)C. The van der Waals surface area contributed by atoms with Crippen molar-refractivity contribution in [2.45, 2.75) is 117 Å². The smallest absolute Gasteiger partial charge is 0.357 e. The second-order valence-electron chi connectivity index (χ2n) is 10.7. The number of aromatic nitrogens is 1. The number of thiazole rings is 1. The Morgan fingerprint density at radius 2 is 1.76 bits per heavy atom. The van der Waals surface area contributed by atoms with Gasteiger partial charge in [-0.15, -0.1) is 11.3 Å². The zero-order chi connectivity index (χ0) is 31.2. The first-order valence-electron chi connectivity index (χ1n) is 14.7. The molecule has 0 aliphatic heterocycles. The third kappa shape index (κ3) is 10.4. The summed E-state index contributed by atoms with van der Waals surface area (Å²) >= 11 is 1.33. The Morgan fingerprint density at radius 3 is 2.24 bits per heavy atom. The fourth-order valence-electron chi connectivity index (χ4n) is 4.71. The predicted octanol–water partition coefficient (Wildman–Crippen LogP) is 7.26. The zero-order valence-corrected chi connectivity index (χ0v) is 28.0. The number of amides is 1. The minimum absolute atomic E-state index is 0.0699. The van der Waals surface area contributed by atoms with Crippen molar-refractivity contribution in [1.29, 1.82) is 0 Å². The largest absolute Gasteiger partial charge is 0.464 e. The molecule has 1 aromatic rings. The number of carbonyl (C=O) groups is 3. The molecule has 41 heavy (non-hydrogen) atoms. The van der Waals surface area contributed by atoms with Crippen LogP contribution in [-0.2, 0) is 23.5 Å². The van der Waals surface area contributed by atoms with E-state index >= 15 is 0 Å². The zero-order valence-electron chi connectivity index (χ0n) is 26.2. The van der Waals surface area contributed by atoms with Crippen molar-refractivity contribution >= 4 is 37.5 Å². The number of methoxy groups -OCH3 is 1. The summed E-state index contributed by atoms with van der Waals surface area (Å²) in [4.78, 5) is 47.7. The molecule has 0 aliphatic rings. The molecule has 1 heterocycles. The Bertz CT molecular complexity index is 1020. The molecule has 0 radical (unpaired) electrons. The van der Waals surface area contributed by atoms with E-state index in [4.69, 9.17) is 13.9 Å². The number of esters is 2. The Morgan fingerprint density at radius 1 is 1.12 bits per heavy atom. The van der Waals surface area contributed by atoms with Crippen LogP contribution in [0, 0.1) is 11.8 Å². The van der Waals surface area contributed by atoms with Crippen molar-refractivity contribution in [3.05, 3.63) is 26.5 Å². The van der Waals surface area contributed by atoms with E-state index in [0.717, 1.165) is 18.1 Å². The highest BCUT2D eigenvalue weighted by atomic mass is 32.1. The van der Waals surface area contributed by atoms with E-state index < -0.39 is 44.4 Å². The van der Waals surface area contributed by atoms with E-state index in [2.05, 4.69) is 35.8 Å². The van der Waals surface area contributed by atoms with Crippen molar-refractivity contribution in [2.24, 2.45) is 17.0 Å². The lowest BCUT2D eigenvalue weighted by atomic mass is 9.93. The first kappa shape index (κ1) is 36.6. The fourth-order valence-corrected chi connectivity index (χ4v) is 8.43. The van der Waals surface area contributed by atoms with Crippen molar-refractivity contribution in [2.75, 3.05) is 13.8 Å². The molecule has 11 nitrogen and oxygen atoms in total. The van der Waals surface area contributed by atoms with Crippen molar-refractivity contribution in [3.8, 4) is 0 Å². The van der Waals surface area contributed by atoms with Crippen LogP contribution in [0.1, 0.15) is 103 Å². The van der Waals surface area contributed by atoms with Crippen LogP contribution in [0.5, 0.6) is 0 Å². The Hall–Kier alpha value is -2.47. The maximum atomic E-state index is 14.0. The van der Waals surface area contributed by atoms with Crippen LogP contribution in [0.4, 0.5) is 0 Å². The van der Waals surface area contributed by atoms with Gasteiger partial charge in [-0.3, -0.25) is 9.59 Å². The van der Waals surface area contributed by atoms with Crippen LogP contribution >= 0.6 is 11.3 Å². The van der Waals surface area contributed by atoms with E-state index in [1.165, 1.54) is 23.3 Å². The lowest BCUT2D eigenvalue weighted by Gasteiger charge is -2.40. The molecule has 0 saturated heterocycles. The molecule has 1 amide bonds. The molecule has 0 aliphatic carbocycles. The van der Waals surface area contributed by atoms with E-state index in [1.54, 1.807) is 5.38 Å². The van der Waals surface area contributed by atoms with Crippen molar-refractivity contribution in [1.82, 2.24) is 9.88 Å². The van der Waals surface area contributed by atoms with Gasteiger partial charge < -0.3 is 18.8 Å². The summed E-state index contributed by atoms with van der Waals surface area (Å²) in [5.41, 5.74) is 9.47. The Kier molecular flexibility index (Phi) is 16.2. The van der Waals surface area contributed by atoms with Gasteiger partial charge in [-0.2, -0.15) is 0 Å². The van der Waals surface area contributed by atoms with E-state index in [0.29, 0.717) is 24.3 Å². The molecule has 13 heteroatoms. The third-order valence-corrected chi connectivity index (χ3v) is 13.4. The molecular formula is C28H49N5O6SSi. The highest BCUT2D eigenvalue weighted by Gasteiger charge is 2.39. The van der Waals surface area contributed by atoms with Gasteiger partial charge in [0, 0.05) is 22.8 Å². The van der Waals surface area contributed by atoms with Gasteiger partial charge in [-0.25, -0.2) is 9.78 Å². The third-order valence-electron chi connectivity index (χ3n) is 7.86. The summed E-state index contributed by atoms with van der Waals surface area (Å²) in [7, 11) is -0.850. The van der Waals surface area contributed by atoms with E-state index in [9.17, 15) is 19.9 Å². The molecule has 232 valence electrons. The summed E-state index contributed by atoms with van der Waals surface area (Å²) in [6, 6.07) is 1.33. The number of hydrogen-bond acceptors (Lipinski definition) is 9. The second-order valence-corrected chi connectivity index (χ2v) is 16.3. The molecule has 0 aromatic carbocycles. The van der Waals surface area contributed by atoms with Crippen LogP contribution < -0.4 is 0 Å². The maximum Gasteiger partial charge on any atom is 0.357 e. The molecular weight excluding hydrogens is 562 g/mol. The highest BCUT2D eigenvalue weighted by Crippen LogP contribution is 2.36. The van der Waals surface area contributed by atoms with E-state index in [-0.39, 0.29) is 30.7 Å². The molecule has 0 bridgehead atoms. The molecule has 0 fully saturated rings. The highest BCUT2D eigenvalue weighted by molar-refractivity contribution is 7.09. The lowest BCUT2D eigenvalue weighted by Crippen LogP contribution is -2.51.